The number of carbonyl (C=O) groups is 2. The Balaban J connectivity index is 2.15. The number of nitrogens with one attached hydrogen (secondary N) is 1. The lowest BCUT2D eigenvalue weighted by Gasteiger charge is -2.10. The number of carbonyl (C=O) groups excluding carboxylic acids is 2. The first-order valence-electron chi connectivity index (χ1n) is 6.31. The van der Waals surface area contributed by atoms with Gasteiger partial charge in [-0.3, -0.25) is 4.79 Å². The van der Waals surface area contributed by atoms with Gasteiger partial charge in [-0.2, -0.15) is 0 Å². The minimum atomic E-state index is -0.442. The second-order valence-electron chi connectivity index (χ2n) is 4.56. The number of benzene rings is 1. The molecule has 110 valence electrons. The molecule has 1 amide bonds. The number of methoxy groups -OCH3 is 1. The van der Waals surface area contributed by atoms with Crippen LogP contribution >= 0.6 is 11.3 Å². The van der Waals surface area contributed by atoms with Gasteiger partial charge in [-0.1, -0.05) is 11.6 Å². The van der Waals surface area contributed by atoms with Crippen LogP contribution in [-0.4, -0.2) is 19.0 Å². The molecular formula is C15H16N2O3S. The highest BCUT2D eigenvalue weighted by Crippen LogP contribution is 2.21. The Morgan fingerprint density at radius 1 is 1.33 bits per heavy atom. The summed E-state index contributed by atoms with van der Waals surface area (Å²) in [5, 5.41) is 4.90. The molecule has 2 rings (SSSR count). The molecule has 1 aromatic carbocycles. The zero-order valence-corrected chi connectivity index (χ0v) is 12.6. The van der Waals surface area contributed by atoms with Gasteiger partial charge in [0.15, 0.2) is 0 Å². The van der Waals surface area contributed by atoms with Crippen LogP contribution in [0.15, 0.2) is 29.6 Å². The van der Waals surface area contributed by atoms with E-state index in [0.29, 0.717) is 23.4 Å². The van der Waals surface area contributed by atoms with E-state index in [-0.39, 0.29) is 5.97 Å². The number of amides is 1. The molecule has 0 saturated carbocycles. The van der Waals surface area contributed by atoms with Gasteiger partial charge in [-0.05, 0) is 25.1 Å². The average Bonchev–Trinajstić information content (AvgIpc) is 2.94. The first-order valence-corrected chi connectivity index (χ1v) is 7.19. The fraction of sp³-hybridized carbons (Fsp3) is 0.200. The molecular weight excluding hydrogens is 288 g/mol. The highest BCUT2D eigenvalue weighted by molar-refractivity contribution is 7.10. The van der Waals surface area contributed by atoms with Crippen molar-refractivity contribution in [2.75, 3.05) is 12.4 Å². The number of thiophene rings is 1. The second-order valence-corrected chi connectivity index (χ2v) is 5.56. The normalized spacial score (nSPS) is 10.2. The summed E-state index contributed by atoms with van der Waals surface area (Å²) in [4.78, 5) is 23.8. The number of anilines is 1. The number of aryl methyl sites for hydroxylation is 1. The molecule has 21 heavy (non-hydrogen) atoms. The molecule has 0 saturated heterocycles. The molecule has 0 radical (unpaired) electrons. The Labute approximate surface area is 126 Å². The van der Waals surface area contributed by atoms with Crippen LogP contribution in [0.25, 0.3) is 0 Å². The van der Waals surface area contributed by atoms with Crippen molar-refractivity contribution in [2.24, 2.45) is 5.73 Å². The van der Waals surface area contributed by atoms with Gasteiger partial charge in [0, 0.05) is 22.5 Å². The summed E-state index contributed by atoms with van der Waals surface area (Å²) in [6, 6.07) is 7.27. The Morgan fingerprint density at radius 3 is 2.71 bits per heavy atom. The van der Waals surface area contributed by atoms with Crippen molar-refractivity contribution in [3.63, 3.8) is 0 Å². The Kier molecular flexibility index (Phi) is 4.59. The van der Waals surface area contributed by atoms with E-state index in [4.69, 9.17) is 10.5 Å². The van der Waals surface area contributed by atoms with E-state index in [1.807, 2.05) is 19.1 Å². The largest absolute Gasteiger partial charge is 0.465 e. The van der Waals surface area contributed by atoms with Gasteiger partial charge >= 0.3 is 5.97 Å². The van der Waals surface area contributed by atoms with Gasteiger partial charge in [-0.25, -0.2) is 4.79 Å². The molecule has 2 aromatic rings. The molecule has 0 aliphatic heterocycles. The van der Waals surface area contributed by atoms with Crippen molar-refractivity contribution in [1.82, 2.24) is 0 Å². The summed E-state index contributed by atoms with van der Waals surface area (Å²) in [6.07, 6.45) is 0. The standard InChI is InChI=1S/C15H16N2O3S/c1-9-3-4-13(12(5-9)15(19)20-2)17-7-11-6-10(8-21-11)14(16)18/h3-6,8,17H,7H2,1-2H3,(H2,16,18). The zero-order chi connectivity index (χ0) is 15.4. The minimum absolute atomic E-state index is 0.384. The van der Waals surface area contributed by atoms with Crippen molar-refractivity contribution in [1.29, 1.82) is 0 Å². The topological polar surface area (TPSA) is 81.4 Å². The van der Waals surface area contributed by atoms with Crippen LogP contribution in [0.5, 0.6) is 0 Å². The third kappa shape index (κ3) is 3.61. The molecule has 0 atom stereocenters. The van der Waals surface area contributed by atoms with Crippen LogP contribution in [0.2, 0.25) is 0 Å². The maximum absolute atomic E-state index is 11.8. The smallest absolute Gasteiger partial charge is 0.339 e. The van der Waals surface area contributed by atoms with Gasteiger partial charge in [0.25, 0.3) is 0 Å². The van der Waals surface area contributed by atoms with Gasteiger partial charge in [-0.15, -0.1) is 11.3 Å². The Morgan fingerprint density at radius 2 is 2.10 bits per heavy atom. The van der Waals surface area contributed by atoms with Crippen molar-refractivity contribution in [3.8, 4) is 0 Å². The fourth-order valence-corrected chi connectivity index (χ4v) is 2.69. The zero-order valence-electron chi connectivity index (χ0n) is 11.8. The second kappa shape index (κ2) is 6.41. The number of hydrogen-bond donors (Lipinski definition) is 2. The molecule has 1 aromatic heterocycles. The average molecular weight is 304 g/mol. The maximum atomic E-state index is 11.8. The summed E-state index contributed by atoms with van der Waals surface area (Å²) in [6.45, 7) is 2.42. The molecule has 0 bridgehead atoms. The molecule has 0 fully saturated rings. The molecule has 1 heterocycles. The molecule has 3 N–H and O–H groups in total. The Hall–Kier alpha value is -2.34. The molecule has 6 heteroatoms. The van der Waals surface area contributed by atoms with E-state index in [1.165, 1.54) is 18.4 Å². The SMILES string of the molecule is COC(=O)c1cc(C)ccc1NCc1cc(C(N)=O)cs1. The first-order chi connectivity index (χ1) is 10.0. The lowest BCUT2D eigenvalue weighted by atomic mass is 10.1. The van der Waals surface area contributed by atoms with Crippen LogP contribution in [0.4, 0.5) is 5.69 Å². The third-order valence-electron chi connectivity index (χ3n) is 2.97. The van der Waals surface area contributed by atoms with Crippen molar-refractivity contribution in [2.45, 2.75) is 13.5 Å². The molecule has 5 nitrogen and oxygen atoms in total. The van der Waals surface area contributed by atoms with Crippen molar-refractivity contribution < 1.29 is 14.3 Å². The number of hydrogen-bond acceptors (Lipinski definition) is 5. The van der Waals surface area contributed by atoms with Gasteiger partial charge in [0.1, 0.15) is 0 Å². The van der Waals surface area contributed by atoms with Crippen LogP contribution in [0, 0.1) is 6.92 Å². The van der Waals surface area contributed by atoms with Crippen LogP contribution < -0.4 is 11.1 Å². The third-order valence-corrected chi connectivity index (χ3v) is 3.91. The maximum Gasteiger partial charge on any atom is 0.339 e. The van der Waals surface area contributed by atoms with Gasteiger partial charge < -0.3 is 15.8 Å². The van der Waals surface area contributed by atoms with Crippen LogP contribution in [0.3, 0.4) is 0 Å². The van der Waals surface area contributed by atoms with E-state index in [9.17, 15) is 9.59 Å². The monoisotopic (exact) mass is 304 g/mol. The predicted molar refractivity (Wildman–Crippen MR) is 82.7 cm³/mol. The predicted octanol–water partition coefficient (Wildman–Crippen LogP) is 2.55. The molecule has 0 unspecified atom stereocenters. The molecule has 0 spiro atoms. The highest BCUT2D eigenvalue weighted by atomic mass is 32.1. The first kappa shape index (κ1) is 15.1. The summed E-state index contributed by atoms with van der Waals surface area (Å²) in [5.41, 5.74) is 7.88. The number of ether oxygens (including phenoxy) is 1. The van der Waals surface area contributed by atoms with Crippen LogP contribution in [-0.2, 0) is 11.3 Å². The quantitative estimate of drug-likeness (QED) is 0.832. The number of nitrogens with two attached hydrogens (primary N) is 1. The molecule has 0 aliphatic carbocycles. The van der Waals surface area contributed by atoms with E-state index in [1.54, 1.807) is 17.5 Å². The van der Waals surface area contributed by atoms with E-state index < -0.39 is 5.91 Å². The number of esters is 1. The highest BCUT2D eigenvalue weighted by Gasteiger charge is 2.12. The summed E-state index contributed by atoms with van der Waals surface area (Å²) in [5.74, 6) is -0.826. The van der Waals surface area contributed by atoms with Gasteiger partial charge in [0.05, 0.1) is 18.2 Å². The van der Waals surface area contributed by atoms with E-state index in [0.717, 1.165) is 10.4 Å². The van der Waals surface area contributed by atoms with Crippen molar-refractivity contribution >= 4 is 28.9 Å². The molecule has 0 aliphatic rings. The van der Waals surface area contributed by atoms with Crippen molar-refractivity contribution in [3.05, 3.63) is 51.2 Å². The summed E-state index contributed by atoms with van der Waals surface area (Å²) < 4.78 is 4.78. The lowest BCUT2D eigenvalue weighted by molar-refractivity contribution is 0.0601. The Bertz CT molecular complexity index is 679. The lowest BCUT2D eigenvalue weighted by Crippen LogP contribution is -2.10. The van der Waals surface area contributed by atoms with E-state index in [2.05, 4.69) is 5.32 Å². The summed E-state index contributed by atoms with van der Waals surface area (Å²) >= 11 is 1.44. The minimum Gasteiger partial charge on any atom is -0.465 e. The van der Waals surface area contributed by atoms with Crippen LogP contribution in [0.1, 0.15) is 31.2 Å². The number of rotatable bonds is 5. The van der Waals surface area contributed by atoms with Gasteiger partial charge in [0.2, 0.25) is 5.91 Å². The van der Waals surface area contributed by atoms with E-state index >= 15 is 0 Å². The number of primary amides is 1. The fourth-order valence-electron chi connectivity index (χ4n) is 1.88. The summed E-state index contributed by atoms with van der Waals surface area (Å²) in [7, 11) is 1.35.